The van der Waals surface area contributed by atoms with Gasteiger partial charge in [-0.1, -0.05) is 6.07 Å². The summed E-state index contributed by atoms with van der Waals surface area (Å²) in [4.78, 5) is 10.8. The lowest BCUT2D eigenvalue weighted by Gasteiger charge is -2.05. The van der Waals surface area contributed by atoms with Crippen molar-refractivity contribution in [3.63, 3.8) is 0 Å². The number of benzene rings is 1. The Labute approximate surface area is 94.6 Å². The van der Waals surface area contributed by atoms with Gasteiger partial charge in [-0.15, -0.1) is 0 Å². The van der Waals surface area contributed by atoms with Crippen molar-refractivity contribution in [3.05, 3.63) is 29.5 Å². The van der Waals surface area contributed by atoms with Crippen molar-refractivity contribution in [2.45, 2.75) is 13.8 Å². The molecule has 0 spiro atoms. The molecule has 4 heteroatoms. The highest BCUT2D eigenvalue weighted by molar-refractivity contribution is 5.76. The van der Waals surface area contributed by atoms with E-state index < -0.39 is 0 Å². The molecule has 1 amide bonds. The summed E-state index contributed by atoms with van der Waals surface area (Å²) in [6.07, 6.45) is 1.80. The molecule has 0 aliphatic rings. The van der Waals surface area contributed by atoms with E-state index in [9.17, 15) is 9.90 Å². The Hall–Kier alpha value is -1.97. The summed E-state index contributed by atoms with van der Waals surface area (Å²) in [6, 6.07) is 4.98. The number of phenols is 1. The van der Waals surface area contributed by atoms with Crippen molar-refractivity contribution in [1.29, 1.82) is 0 Å². The Morgan fingerprint density at radius 1 is 1.44 bits per heavy atom. The fraction of sp³-hybridized carbons (Fsp3) is 0.250. The van der Waals surface area contributed by atoms with Gasteiger partial charge in [-0.2, -0.15) is 0 Å². The van der Waals surface area contributed by atoms with Crippen LogP contribution < -0.4 is 10.1 Å². The first-order valence-electron chi connectivity index (χ1n) is 4.86. The lowest BCUT2D eigenvalue weighted by atomic mass is 10.1. The zero-order chi connectivity index (χ0) is 12.1. The van der Waals surface area contributed by atoms with Gasteiger partial charge in [-0.3, -0.25) is 4.79 Å². The van der Waals surface area contributed by atoms with Crippen molar-refractivity contribution in [3.8, 4) is 11.5 Å². The third-order valence-corrected chi connectivity index (χ3v) is 1.96. The first-order chi connectivity index (χ1) is 7.52. The molecule has 86 valence electrons. The van der Waals surface area contributed by atoms with Gasteiger partial charge in [0.25, 0.3) is 0 Å². The number of hydrogen-bond acceptors (Lipinski definition) is 3. The quantitative estimate of drug-likeness (QED) is 0.819. The molecule has 1 aromatic carbocycles. The standard InChI is InChI=1S/C12H15NO3/c1-8(13-9(2)14)6-10-4-5-11(15)12(7-10)16-3/h4-7,15H,1-3H3,(H,13,14). The Kier molecular flexibility index (Phi) is 3.94. The number of phenolic OH excluding ortho intramolecular Hbond substituents is 1. The highest BCUT2D eigenvalue weighted by atomic mass is 16.5. The number of amides is 1. The summed E-state index contributed by atoms with van der Waals surface area (Å²) < 4.78 is 4.98. The van der Waals surface area contributed by atoms with Gasteiger partial charge in [-0.25, -0.2) is 0 Å². The number of aromatic hydroxyl groups is 1. The van der Waals surface area contributed by atoms with Crippen LogP contribution in [-0.4, -0.2) is 18.1 Å². The number of ether oxygens (including phenoxy) is 1. The molecule has 0 atom stereocenters. The number of hydrogen-bond donors (Lipinski definition) is 2. The fourth-order valence-corrected chi connectivity index (χ4v) is 1.35. The molecule has 0 aliphatic heterocycles. The van der Waals surface area contributed by atoms with E-state index in [0.717, 1.165) is 11.3 Å². The van der Waals surface area contributed by atoms with Crippen LogP contribution in [0.15, 0.2) is 23.9 Å². The molecule has 0 fully saturated rings. The second-order valence-electron chi connectivity index (χ2n) is 3.44. The molecule has 0 heterocycles. The lowest BCUT2D eigenvalue weighted by molar-refractivity contribution is -0.118. The second kappa shape index (κ2) is 5.21. The van der Waals surface area contributed by atoms with Crippen LogP contribution in [0.25, 0.3) is 6.08 Å². The minimum atomic E-state index is -0.112. The molecule has 16 heavy (non-hydrogen) atoms. The number of rotatable bonds is 3. The van der Waals surface area contributed by atoms with Gasteiger partial charge in [0.15, 0.2) is 11.5 Å². The minimum Gasteiger partial charge on any atom is -0.504 e. The SMILES string of the molecule is COc1cc(C=C(C)NC(C)=O)ccc1O. The van der Waals surface area contributed by atoms with E-state index in [2.05, 4.69) is 5.32 Å². The summed E-state index contributed by atoms with van der Waals surface area (Å²) in [5.74, 6) is 0.390. The van der Waals surface area contributed by atoms with Gasteiger partial charge in [0.05, 0.1) is 7.11 Å². The van der Waals surface area contributed by atoms with Gasteiger partial charge in [-0.05, 0) is 30.7 Å². The number of nitrogens with one attached hydrogen (secondary N) is 1. The topological polar surface area (TPSA) is 58.6 Å². The maximum atomic E-state index is 10.8. The van der Waals surface area contributed by atoms with E-state index >= 15 is 0 Å². The summed E-state index contributed by atoms with van der Waals surface area (Å²) in [5.41, 5.74) is 1.58. The monoisotopic (exact) mass is 221 g/mol. The largest absolute Gasteiger partial charge is 0.504 e. The van der Waals surface area contributed by atoms with Crippen LogP contribution in [-0.2, 0) is 4.79 Å². The molecule has 1 rings (SSSR count). The molecule has 0 unspecified atom stereocenters. The molecule has 0 saturated carbocycles. The van der Waals surface area contributed by atoms with Crippen LogP contribution in [0.3, 0.4) is 0 Å². The summed E-state index contributed by atoms with van der Waals surface area (Å²) in [6.45, 7) is 3.25. The third kappa shape index (κ3) is 3.31. The van der Waals surface area contributed by atoms with Gasteiger partial charge in [0, 0.05) is 12.6 Å². The molecular weight excluding hydrogens is 206 g/mol. The number of carbonyl (C=O) groups is 1. The smallest absolute Gasteiger partial charge is 0.220 e. The van der Waals surface area contributed by atoms with Crippen molar-refractivity contribution in [2.75, 3.05) is 7.11 Å². The molecule has 0 aliphatic carbocycles. The van der Waals surface area contributed by atoms with E-state index in [4.69, 9.17) is 4.74 Å². The summed E-state index contributed by atoms with van der Waals surface area (Å²) in [7, 11) is 1.49. The van der Waals surface area contributed by atoms with Crippen LogP contribution in [0.4, 0.5) is 0 Å². The number of allylic oxidation sites excluding steroid dienone is 1. The predicted molar refractivity (Wildman–Crippen MR) is 62.1 cm³/mol. The van der Waals surface area contributed by atoms with Crippen molar-refractivity contribution in [2.24, 2.45) is 0 Å². The van der Waals surface area contributed by atoms with E-state index in [1.165, 1.54) is 14.0 Å². The lowest BCUT2D eigenvalue weighted by Crippen LogP contribution is -2.16. The third-order valence-electron chi connectivity index (χ3n) is 1.96. The molecule has 0 saturated heterocycles. The van der Waals surface area contributed by atoms with Crippen LogP contribution in [0, 0.1) is 0 Å². The zero-order valence-electron chi connectivity index (χ0n) is 9.57. The Morgan fingerprint density at radius 2 is 2.12 bits per heavy atom. The summed E-state index contributed by atoms with van der Waals surface area (Å²) >= 11 is 0. The molecule has 4 nitrogen and oxygen atoms in total. The first kappa shape index (κ1) is 12.1. The average Bonchev–Trinajstić information content (AvgIpc) is 2.19. The van der Waals surface area contributed by atoms with Crippen LogP contribution in [0.1, 0.15) is 19.4 Å². The first-order valence-corrected chi connectivity index (χ1v) is 4.86. The highest BCUT2D eigenvalue weighted by Gasteiger charge is 2.01. The Morgan fingerprint density at radius 3 is 2.69 bits per heavy atom. The van der Waals surface area contributed by atoms with Crippen molar-refractivity contribution < 1.29 is 14.6 Å². The van der Waals surface area contributed by atoms with E-state index in [-0.39, 0.29) is 11.7 Å². The second-order valence-corrected chi connectivity index (χ2v) is 3.44. The average molecular weight is 221 g/mol. The van der Waals surface area contributed by atoms with Gasteiger partial charge < -0.3 is 15.2 Å². The van der Waals surface area contributed by atoms with Crippen LogP contribution in [0.5, 0.6) is 11.5 Å². The Bertz CT molecular complexity index is 424. The van der Waals surface area contributed by atoms with E-state index in [1.807, 2.05) is 0 Å². The Balaban J connectivity index is 2.93. The molecule has 2 N–H and O–H groups in total. The molecule has 0 radical (unpaired) electrons. The number of carbonyl (C=O) groups excluding carboxylic acids is 1. The highest BCUT2D eigenvalue weighted by Crippen LogP contribution is 2.26. The van der Waals surface area contributed by atoms with Gasteiger partial charge >= 0.3 is 0 Å². The fourth-order valence-electron chi connectivity index (χ4n) is 1.35. The van der Waals surface area contributed by atoms with Gasteiger partial charge in [0.1, 0.15) is 0 Å². The van der Waals surface area contributed by atoms with Gasteiger partial charge in [0.2, 0.25) is 5.91 Å². The van der Waals surface area contributed by atoms with Crippen molar-refractivity contribution >= 4 is 12.0 Å². The molecule has 0 aromatic heterocycles. The van der Waals surface area contributed by atoms with Crippen molar-refractivity contribution in [1.82, 2.24) is 5.32 Å². The maximum absolute atomic E-state index is 10.8. The summed E-state index contributed by atoms with van der Waals surface area (Å²) in [5, 5.41) is 12.1. The molecule has 1 aromatic rings. The normalized spacial score (nSPS) is 11.1. The van der Waals surface area contributed by atoms with Crippen LogP contribution in [0.2, 0.25) is 0 Å². The number of methoxy groups -OCH3 is 1. The minimum absolute atomic E-state index is 0.0943. The molecular formula is C12H15NO3. The van der Waals surface area contributed by atoms with E-state index in [1.54, 1.807) is 31.2 Å². The van der Waals surface area contributed by atoms with Crippen LogP contribution >= 0.6 is 0 Å². The van der Waals surface area contributed by atoms with E-state index in [0.29, 0.717) is 5.75 Å². The predicted octanol–water partition coefficient (Wildman–Crippen LogP) is 1.90. The maximum Gasteiger partial charge on any atom is 0.220 e. The molecule has 0 bridgehead atoms. The zero-order valence-corrected chi connectivity index (χ0v) is 9.57.